The van der Waals surface area contributed by atoms with Gasteiger partial charge in [0.05, 0.1) is 0 Å². The van der Waals surface area contributed by atoms with Gasteiger partial charge >= 0.3 is 5.97 Å². The Morgan fingerprint density at radius 1 is 1.40 bits per heavy atom. The van der Waals surface area contributed by atoms with Crippen LogP contribution in [0.4, 0.5) is 0 Å². The molecule has 0 unspecified atom stereocenters. The van der Waals surface area contributed by atoms with Gasteiger partial charge in [-0.2, -0.15) is 0 Å². The molecule has 0 aliphatic heterocycles. The molecule has 2 nitrogen and oxygen atoms in total. The SMILES string of the molecule is CCCCc1ccccc1C=CC(=O)O. The first kappa shape index (κ1) is 11.5. The van der Waals surface area contributed by atoms with Crippen molar-refractivity contribution >= 4 is 12.0 Å². The van der Waals surface area contributed by atoms with Gasteiger partial charge in [-0.15, -0.1) is 0 Å². The molecule has 1 aromatic carbocycles. The largest absolute Gasteiger partial charge is 0.478 e. The van der Waals surface area contributed by atoms with Crippen LogP contribution in [0.3, 0.4) is 0 Å². The lowest BCUT2D eigenvalue weighted by Gasteiger charge is -2.04. The van der Waals surface area contributed by atoms with E-state index in [9.17, 15) is 4.79 Å². The van der Waals surface area contributed by atoms with Crippen molar-refractivity contribution in [2.75, 3.05) is 0 Å². The summed E-state index contributed by atoms with van der Waals surface area (Å²) in [6.45, 7) is 2.15. The molecule has 1 aromatic rings. The summed E-state index contributed by atoms with van der Waals surface area (Å²) in [6.07, 6.45) is 6.14. The zero-order chi connectivity index (χ0) is 11.1. The first-order chi connectivity index (χ1) is 7.24. The van der Waals surface area contributed by atoms with Gasteiger partial charge < -0.3 is 5.11 Å². The zero-order valence-electron chi connectivity index (χ0n) is 8.94. The number of carboxylic acid groups (broad SMARTS) is 1. The van der Waals surface area contributed by atoms with E-state index >= 15 is 0 Å². The molecule has 2 heteroatoms. The highest BCUT2D eigenvalue weighted by Gasteiger charge is 1.98. The number of aryl methyl sites for hydroxylation is 1. The molecule has 0 fully saturated rings. The molecule has 15 heavy (non-hydrogen) atoms. The fourth-order valence-corrected chi connectivity index (χ4v) is 1.45. The van der Waals surface area contributed by atoms with Crippen molar-refractivity contribution in [3.8, 4) is 0 Å². The Balaban J connectivity index is 2.81. The van der Waals surface area contributed by atoms with Crippen LogP contribution in [0.5, 0.6) is 0 Å². The van der Waals surface area contributed by atoms with E-state index in [-0.39, 0.29) is 0 Å². The van der Waals surface area contributed by atoms with Crippen molar-refractivity contribution < 1.29 is 9.90 Å². The molecule has 0 spiro atoms. The van der Waals surface area contributed by atoms with E-state index in [1.807, 2.05) is 18.2 Å². The van der Waals surface area contributed by atoms with Crippen molar-refractivity contribution in [2.24, 2.45) is 0 Å². The van der Waals surface area contributed by atoms with E-state index in [1.54, 1.807) is 6.08 Å². The number of hydrogen-bond acceptors (Lipinski definition) is 1. The van der Waals surface area contributed by atoms with Crippen LogP contribution >= 0.6 is 0 Å². The van der Waals surface area contributed by atoms with Gasteiger partial charge in [-0.25, -0.2) is 4.79 Å². The lowest BCUT2D eigenvalue weighted by atomic mass is 10.0. The Hall–Kier alpha value is -1.57. The fourth-order valence-electron chi connectivity index (χ4n) is 1.45. The van der Waals surface area contributed by atoms with Crippen molar-refractivity contribution in [2.45, 2.75) is 26.2 Å². The Morgan fingerprint density at radius 2 is 2.13 bits per heavy atom. The molecule has 1 rings (SSSR count). The van der Waals surface area contributed by atoms with E-state index in [1.165, 1.54) is 11.6 Å². The minimum atomic E-state index is -0.903. The maximum absolute atomic E-state index is 10.4. The monoisotopic (exact) mass is 204 g/mol. The molecule has 0 aliphatic rings. The van der Waals surface area contributed by atoms with Gasteiger partial charge in [-0.1, -0.05) is 37.6 Å². The van der Waals surface area contributed by atoms with E-state index in [0.29, 0.717) is 0 Å². The van der Waals surface area contributed by atoms with Crippen LogP contribution < -0.4 is 0 Å². The Kier molecular flexibility index (Phi) is 4.61. The topological polar surface area (TPSA) is 37.3 Å². The van der Waals surface area contributed by atoms with E-state index in [0.717, 1.165) is 24.8 Å². The molecule has 0 atom stereocenters. The maximum Gasteiger partial charge on any atom is 0.328 e. The summed E-state index contributed by atoms with van der Waals surface area (Å²) >= 11 is 0. The van der Waals surface area contributed by atoms with Gasteiger partial charge in [0.2, 0.25) is 0 Å². The lowest BCUT2D eigenvalue weighted by molar-refractivity contribution is -0.131. The fraction of sp³-hybridized carbons (Fsp3) is 0.308. The molecule has 0 bridgehead atoms. The normalized spacial score (nSPS) is 10.7. The van der Waals surface area contributed by atoms with Crippen LogP contribution in [-0.4, -0.2) is 11.1 Å². The number of carboxylic acids is 1. The molecule has 0 aliphatic carbocycles. The molecule has 0 aromatic heterocycles. The van der Waals surface area contributed by atoms with Crippen molar-refractivity contribution in [3.05, 3.63) is 41.5 Å². The number of rotatable bonds is 5. The molecule has 80 valence electrons. The van der Waals surface area contributed by atoms with Crippen molar-refractivity contribution in [1.82, 2.24) is 0 Å². The van der Waals surface area contributed by atoms with Crippen LogP contribution in [0.15, 0.2) is 30.3 Å². The summed E-state index contributed by atoms with van der Waals surface area (Å²) in [5.41, 5.74) is 2.23. The van der Waals surface area contributed by atoms with Crippen LogP contribution in [0.1, 0.15) is 30.9 Å². The Bertz CT molecular complexity index is 353. The Morgan fingerprint density at radius 3 is 2.80 bits per heavy atom. The number of hydrogen-bond donors (Lipinski definition) is 1. The first-order valence-electron chi connectivity index (χ1n) is 5.23. The first-order valence-corrected chi connectivity index (χ1v) is 5.23. The number of benzene rings is 1. The van der Waals surface area contributed by atoms with E-state index in [2.05, 4.69) is 13.0 Å². The second-order valence-corrected chi connectivity index (χ2v) is 3.47. The molecular formula is C13H16O2. The second kappa shape index (κ2) is 6.02. The predicted molar refractivity (Wildman–Crippen MR) is 61.7 cm³/mol. The minimum Gasteiger partial charge on any atom is -0.478 e. The Labute approximate surface area is 90.3 Å². The average molecular weight is 204 g/mol. The number of aliphatic carboxylic acids is 1. The van der Waals surface area contributed by atoms with Gasteiger partial charge in [0.15, 0.2) is 0 Å². The van der Waals surface area contributed by atoms with Crippen LogP contribution in [0.2, 0.25) is 0 Å². The molecule has 0 amide bonds. The highest BCUT2D eigenvalue weighted by Crippen LogP contribution is 2.13. The molecule has 0 heterocycles. The van der Waals surface area contributed by atoms with Crippen LogP contribution in [0, 0.1) is 0 Å². The highest BCUT2D eigenvalue weighted by atomic mass is 16.4. The van der Waals surface area contributed by atoms with Gasteiger partial charge in [0.1, 0.15) is 0 Å². The van der Waals surface area contributed by atoms with Crippen molar-refractivity contribution in [1.29, 1.82) is 0 Å². The summed E-state index contributed by atoms with van der Waals surface area (Å²) in [7, 11) is 0. The quantitative estimate of drug-likeness (QED) is 0.748. The molecule has 1 N–H and O–H groups in total. The summed E-state index contributed by atoms with van der Waals surface area (Å²) < 4.78 is 0. The summed E-state index contributed by atoms with van der Waals surface area (Å²) in [5, 5.41) is 8.55. The summed E-state index contributed by atoms with van der Waals surface area (Å²) in [5.74, 6) is -0.903. The van der Waals surface area contributed by atoms with Gasteiger partial charge in [-0.05, 0) is 30.0 Å². The summed E-state index contributed by atoms with van der Waals surface area (Å²) in [6, 6.07) is 7.92. The van der Waals surface area contributed by atoms with Crippen LogP contribution in [0.25, 0.3) is 6.08 Å². The molecule has 0 saturated heterocycles. The summed E-state index contributed by atoms with van der Waals surface area (Å²) in [4.78, 5) is 10.4. The second-order valence-electron chi connectivity index (χ2n) is 3.47. The lowest BCUT2D eigenvalue weighted by Crippen LogP contribution is -1.90. The predicted octanol–water partition coefficient (Wildman–Crippen LogP) is 3.13. The van der Waals surface area contributed by atoms with Gasteiger partial charge in [-0.3, -0.25) is 0 Å². The van der Waals surface area contributed by atoms with E-state index < -0.39 is 5.97 Å². The van der Waals surface area contributed by atoms with Crippen LogP contribution in [-0.2, 0) is 11.2 Å². The number of carbonyl (C=O) groups is 1. The third-order valence-electron chi connectivity index (χ3n) is 2.26. The molecule has 0 radical (unpaired) electrons. The van der Waals surface area contributed by atoms with Crippen molar-refractivity contribution in [3.63, 3.8) is 0 Å². The smallest absolute Gasteiger partial charge is 0.328 e. The van der Waals surface area contributed by atoms with Gasteiger partial charge in [0, 0.05) is 6.08 Å². The zero-order valence-corrected chi connectivity index (χ0v) is 8.94. The van der Waals surface area contributed by atoms with Gasteiger partial charge in [0.25, 0.3) is 0 Å². The molecular weight excluding hydrogens is 188 g/mol. The van der Waals surface area contributed by atoms with E-state index in [4.69, 9.17) is 5.11 Å². The maximum atomic E-state index is 10.4. The highest BCUT2D eigenvalue weighted by molar-refractivity contribution is 5.85. The minimum absolute atomic E-state index is 0.903. The third kappa shape index (κ3) is 3.98. The standard InChI is InChI=1S/C13H16O2/c1-2-3-6-11-7-4-5-8-12(11)9-10-13(14)15/h4-5,7-10H,2-3,6H2,1H3,(H,14,15). The average Bonchev–Trinajstić information content (AvgIpc) is 2.24. The number of unbranched alkanes of at least 4 members (excludes halogenated alkanes) is 1. The third-order valence-corrected chi connectivity index (χ3v) is 2.26. The molecule has 0 saturated carbocycles.